The second kappa shape index (κ2) is 4.63. The lowest BCUT2D eigenvalue weighted by molar-refractivity contribution is 0.525. The predicted molar refractivity (Wildman–Crippen MR) is 60.2 cm³/mol. The largest absolute Gasteiger partial charge is 0.407 e. The number of nitrogens with zero attached hydrogens (tertiary/aromatic N) is 2. The van der Waals surface area contributed by atoms with E-state index in [0.717, 1.165) is 0 Å². The van der Waals surface area contributed by atoms with E-state index in [4.69, 9.17) is 16.0 Å². The van der Waals surface area contributed by atoms with E-state index in [0.29, 0.717) is 18.5 Å². The van der Waals surface area contributed by atoms with Gasteiger partial charge in [0.2, 0.25) is 5.89 Å². The zero-order chi connectivity index (χ0) is 10.7. The standard InChI is InChI=1S/C9H10ClN3OS/c1-6-2-3-15-7(6)5-11-9-13-12-8(4-10)14-9/h2-3H,4-5H2,1H3,(H,11,13). The Balaban J connectivity index is 1.96. The second-order valence-corrected chi connectivity index (χ2v) is 4.28. The highest BCUT2D eigenvalue weighted by atomic mass is 35.5. The number of hydrogen-bond acceptors (Lipinski definition) is 5. The van der Waals surface area contributed by atoms with E-state index in [-0.39, 0.29) is 5.88 Å². The molecule has 0 atom stereocenters. The van der Waals surface area contributed by atoms with Crippen LogP contribution in [0.5, 0.6) is 0 Å². The molecule has 6 heteroatoms. The van der Waals surface area contributed by atoms with Crippen LogP contribution >= 0.6 is 22.9 Å². The summed E-state index contributed by atoms with van der Waals surface area (Å²) >= 11 is 7.25. The first-order valence-corrected chi connectivity index (χ1v) is 5.86. The zero-order valence-corrected chi connectivity index (χ0v) is 9.73. The van der Waals surface area contributed by atoms with Crippen LogP contribution in [-0.4, -0.2) is 10.2 Å². The molecular weight excluding hydrogens is 234 g/mol. The minimum Gasteiger partial charge on any atom is -0.407 e. The fraction of sp³-hybridized carbons (Fsp3) is 0.333. The van der Waals surface area contributed by atoms with E-state index in [1.807, 2.05) is 0 Å². The van der Waals surface area contributed by atoms with Crippen LogP contribution in [0.4, 0.5) is 6.01 Å². The van der Waals surface area contributed by atoms with E-state index < -0.39 is 0 Å². The summed E-state index contributed by atoms with van der Waals surface area (Å²) in [5, 5.41) is 12.7. The lowest BCUT2D eigenvalue weighted by Gasteiger charge is -1.99. The highest BCUT2D eigenvalue weighted by Gasteiger charge is 2.05. The molecule has 0 fully saturated rings. The molecule has 1 N–H and O–H groups in total. The van der Waals surface area contributed by atoms with Crippen molar-refractivity contribution in [2.75, 3.05) is 5.32 Å². The first-order valence-electron chi connectivity index (χ1n) is 4.45. The highest BCUT2D eigenvalue weighted by Crippen LogP contribution is 2.17. The van der Waals surface area contributed by atoms with Crippen molar-refractivity contribution in [1.82, 2.24) is 10.2 Å². The number of anilines is 1. The van der Waals surface area contributed by atoms with Gasteiger partial charge in [-0.3, -0.25) is 0 Å². The van der Waals surface area contributed by atoms with E-state index in [9.17, 15) is 0 Å². The van der Waals surface area contributed by atoms with Crippen molar-refractivity contribution < 1.29 is 4.42 Å². The molecule has 0 amide bonds. The zero-order valence-electron chi connectivity index (χ0n) is 8.16. The lowest BCUT2D eigenvalue weighted by atomic mass is 10.3. The van der Waals surface area contributed by atoms with Gasteiger partial charge in [0.1, 0.15) is 5.88 Å². The Hall–Kier alpha value is -1.07. The van der Waals surface area contributed by atoms with Gasteiger partial charge < -0.3 is 9.73 Å². The van der Waals surface area contributed by atoms with Crippen molar-refractivity contribution >= 4 is 29.0 Å². The number of aryl methyl sites for hydroxylation is 1. The van der Waals surface area contributed by atoms with Crippen molar-refractivity contribution in [3.8, 4) is 0 Å². The molecule has 0 radical (unpaired) electrons. The Bertz CT molecular complexity index is 440. The van der Waals surface area contributed by atoms with E-state index in [2.05, 4.69) is 33.9 Å². The van der Waals surface area contributed by atoms with Crippen molar-refractivity contribution in [1.29, 1.82) is 0 Å². The molecule has 0 aliphatic rings. The monoisotopic (exact) mass is 243 g/mol. The van der Waals surface area contributed by atoms with Gasteiger partial charge in [0.15, 0.2) is 0 Å². The van der Waals surface area contributed by atoms with Crippen molar-refractivity contribution in [2.45, 2.75) is 19.3 Å². The van der Waals surface area contributed by atoms with Gasteiger partial charge in [-0.2, -0.15) is 0 Å². The quantitative estimate of drug-likeness (QED) is 0.839. The van der Waals surface area contributed by atoms with Gasteiger partial charge in [0.05, 0.1) is 6.54 Å². The third-order valence-corrected chi connectivity index (χ3v) is 3.20. The number of nitrogens with one attached hydrogen (secondary N) is 1. The normalized spacial score (nSPS) is 10.5. The van der Waals surface area contributed by atoms with Gasteiger partial charge in [-0.15, -0.1) is 28.0 Å². The van der Waals surface area contributed by atoms with Crippen molar-refractivity contribution in [3.63, 3.8) is 0 Å². The predicted octanol–water partition coefficient (Wildman–Crippen LogP) is 2.79. The minimum atomic E-state index is 0.243. The van der Waals surface area contributed by atoms with Crippen LogP contribution in [0.2, 0.25) is 0 Å². The summed E-state index contributed by atoms with van der Waals surface area (Å²) in [5.41, 5.74) is 1.27. The van der Waals surface area contributed by atoms with Crippen molar-refractivity contribution in [3.05, 3.63) is 27.8 Å². The molecule has 0 saturated carbocycles. The summed E-state index contributed by atoms with van der Waals surface area (Å²) in [5.74, 6) is 0.675. The molecule has 0 aliphatic heterocycles. The first kappa shape index (κ1) is 10.4. The maximum atomic E-state index is 5.54. The molecule has 2 rings (SSSR count). The van der Waals surface area contributed by atoms with Gasteiger partial charge in [0, 0.05) is 4.88 Å². The molecule has 0 aliphatic carbocycles. The van der Waals surface area contributed by atoms with Gasteiger partial charge in [-0.05, 0) is 23.9 Å². The molecule has 2 aromatic heterocycles. The van der Waals surface area contributed by atoms with Crippen LogP contribution in [0, 0.1) is 6.92 Å². The third kappa shape index (κ3) is 2.49. The molecule has 80 valence electrons. The second-order valence-electron chi connectivity index (χ2n) is 3.01. The number of aromatic nitrogens is 2. The molecule has 2 heterocycles. The Morgan fingerprint density at radius 2 is 2.40 bits per heavy atom. The average molecular weight is 244 g/mol. The average Bonchev–Trinajstić information content (AvgIpc) is 2.84. The van der Waals surface area contributed by atoms with Crippen LogP contribution in [0.3, 0.4) is 0 Å². The number of halogens is 1. The van der Waals surface area contributed by atoms with E-state index >= 15 is 0 Å². The maximum absolute atomic E-state index is 5.54. The summed E-state index contributed by atoms with van der Waals surface area (Å²) < 4.78 is 5.21. The minimum absolute atomic E-state index is 0.243. The van der Waals surface area contributed by atoms with Crippen LogP contribution in [-0.2, 0) is 12.4 Å². The lowest BCUT2D eigenvalue weighted by Crippen LogP contribution is -1.98. The molecule has 0 bridgehead atoms. The Morgan fingerprint density at radius 1 is 1.53 bits per heavy atom. The topological polar surface area (TPSA) is 51.0 Å². The Labute approximate surface area is 96.3 Å². The van der Waals surface area contributed by atoms with Crippen LogP contribution < -0.4 is 5.32 Å². The molecule has 15 heavy (non-hydrogen) atoms. The van der Waals surface area contributed by atoms with E-state index in [1.54, 1.807) is 11.3 Å². The van der Waals surface area contributed by atoms with Gasteiger partial charge in [0.25, 0.3) is 0 Å². The molecule has 0 aromatic carbocycles. The molecule has 0 saturated heterocycles. The fourth-order valence-electron chi connectivity index (χ4n) is 1.12. The molecule has 2 aromatic rings. The van der Waals surface area contributed by atoms with Gasteiger partial charge in [-0.25, -0.2) is 0 Å². The SMILES string of the molecule is Cc1ccsc1CNc1nnc(CCl)o1. The molecular formula is C9H10ClN3OS. The summed E-state index contributed by atoms with van der Waals surface area (Å²) in [6, 6.07) is 2.50. The number of alkyl halides is 1. The Morgan fingerprint density at radius 3 is 3.00 bits per heavy atom. The summed E-state index contributed by atoms with van der Waals surface area (Å²) in [4.78, 5) is 1.26. The molecule has 0 unspecified atom stereocenters. The van der Waals surface area contributed by atoms with Gasteiger partial charge in [-0.1, -0.05) is 5.10 Å². The molecule has 0 spiro atoms. The number of rotatable bonds is 4. The number of thiophene rings is 1. The fourth-order valence-corrected chi connectivity index (χ4v) is 2.07. The third-order valence-electron chi connectivity index (χ3n) is 1.95. The molecule has 4 nitrogen and oxygen atoms in total. The van der Waals surface area contributed by atoms with Crippen LogP contribution in [0.25, 0.3) is 0 Å². The summed E-state index contributed by atoms with van der Waals surface area (Å²) in [6.45, 7) is 2.78. The summed E-state index contributed by atoms with van der Waals surface area (Å²) in [7, 11) is 0. The van der Waals surface area contributed by atoms with Gasteiger partial charge >= 0.3 is 6.01 Å². The highest BCUT2D eigenvalue weighted by molar-refractivity contribution is 7.10. The van der Waals surface area contributed by atoms with Crippen LogP contribution in [0.15, 0.2) is 15.9 Å². The first-order chi connectivity index (χ1) is 7.29. The van der Waals surface area contributed by atoms with E-state index in [1.165, 1.54) is 10.4 Å². The van der Waals surface area contributed by atoms with Crippen LogP contribution in [0.1, 0.15) is 16.3 Å². The van der Waals surface area contributed by atoms with Crippen molar-refractivity contribution in [2.24, 2.45) is 0 Å². The number of hydrogen-bond donors (Lipinski definition) is 1. The Kier molecular flexibility index (Phi) is 3.23. The smallest absolute Gasteiger partial charge is 0.315 e. The maximum Gasteiger partial charge on any atom is 0.315 e. The summed E-state index contributed by atoms with van der Waals surface area (Å²) in [6.07, 6.45) is 0.